The van der Waals surface area contributed by atoms with Gasteiger partial charge in [0.05, 0.1) is 0 Å². The first-order valence-electron chi connectivity index (χ1n) is 7.75. The zero-order valence-electron chi connectivity index (χ0n) is 13.4. The molecule has 1 aliphatic heterocycles. The summed E-state index contributed by atoms with van der Waals surface area (Å²) in [5.41, 5.74) is 0.426. The standard InChI is InChI=1S/C15H33N3S/c1-5-15(6-2,14-19)13-18-11-9-17(10-12-18)8-7-16(3)4/h19H,5-14H2,1-4H3. The molecule has 0 saturated carbocycles. The minimum atomic E-state index is 0.426. The third kappa shape index (κ3) is 5.62. The van der Waals surface area contributed by atoms with Gasteiger partial charge in [-0.15, -0.1) is 0 Å². The maximum absolute atomic E-state index is 4.59. The second kappa shape index (κ2) is 8.50. The van der Waals surface area contributed by atoms with Crippen LogP contribution in [0.5, 0.6) is 0 Å². The van der Waals surface area contributed by atoms with Crippen LogP contribution in [0.1, 0.15) is 26.7 Å². The Morgan fingerprint density at radius 1 is 1.00 bits per heavy atom. The Hall–Kier alpha value is 0.230. The molecular formula is C15H33N3S. The van der Waals surface area contributed by atoms with Crippen LogP contribution in [-0.2, 0) is 0 Å². The monoisotopic (exact) mass is 287 g/mol. The van der Waals surface area contributed by atoms with Crippen molar-refractivity contribution in [3.8, 4) is 0 Å². The van der Waals surface area contributed by atoms with Crippen LogP contribution in [0, 0.1) is 5.41 Å². The molecule has 0 aliphatic carbocycles. The molecule has 0 aromatic carbocycles. The Labute approximate surface area is 125 Å². The van der Waals surface area contributed by atoms with Crippen LogP contribution in [0.3, 0.4) is 0 Å². The molecule has 0 atom stereocenters. The third-order valence-electron chi connectivity index (χ3n) is 4.72. The average Bonchev–Trinajstić information content (AvgIpc) is 2.44. The fraction of sp³-hybridized carbons (Fsp3) is 1.00. The summed E-state index contributed by atoms with van der Waals surface area (Å²) >= 11 is 4.59. The van der Waals surface area contributed by atoms with E-state index in [1.165, 1.54) is 58.7 Å². The molecule has 3 nitrogen and oxygen atoms in total. The normalized spacial score (nSPS) is 19.3. The van der Waals surface area contributed by atoms with Crippen molar-refractivity contribution in [3.63, 3.8) is 0 Å². The summed E-state index contributed by atoms with van der Waals surface area (Å²) in [6, 6.07) is 0. The Morgan fingerprint density at radius 3 is 1.95 bits per heavy atom. The minimum Gasteiger partial charge on any atom is -0.308 e. The summed E-state index contributed by atoms with van der Waals surface area (Å²) in [6.07, 6.45) is 2.49. The van der Waals surface area contributed by atoms with Gasteiger partial charge in [-0.05, 0) is 38.1 Å². The van der Waals surface area contributed by atoms with Gasteiger partial charge in [0.25, 0.3) is 0 Å². The Bertz CT molecular complexity index is 225. The van der Waals surface area contributed by atoms with Crippen LogP contribution in [0.4, 0.5) is 0 Å². The molecule has 0 bridgehead atoms. The highest BCUT2D eigenvalue weighted by Gasteiger charge is 2.28. The minimum absolute atomic E-state index is 0.426. The van der Waals surface area contributed by atoms with Crippen molar-refractivity contribution >= 4 is 12.6 Å². The predicted molar refractivity (Wildman–Crippen MR) is 88.3 cm³/mol. The van der Waals surface area contributed by atoms with Gasteiger partial charge < -0.3 is 9.80 Å². The number of rotatable bonds is 8. The topological polar surface area (TPSA) is 9.72 Å². The van der Waals surface area contributed by atoms with Gasteiger partial charge in [0.1, 0.15) is 0 Å². The maximum atomic E-state index is 4.59. The smallest absolute Gasteiger partial charge is 0.0110 e. The molecule has 0 aromatic rings. The lowest BCUT2D eigenvalue weighted by atomic mass is 9.83. The Morgan fingerprint density at radius 2 is 1.53 bits per heavy atom. The summed E-state index contributed by atoms with van der Waals surface area (Å²) in [5, 5.41) is 0. The van der Waals surface area contributed by atoms with E-state index >= 15 is 0 Å². The molecule has 1 heterocycles. The van der Waals surface area contributed by atoms with Crippen molar-refractivity contribution in [2.45, 2.75) is 26.7 Å². The number of likely N-dealkylation sites (N-methyl/N-ethyl adjacent to an activating group) is 1. The highest BCUT2D eigenvalue weighted by Crippen LogP contribution is 2.29. The van der Waals surface area contributed by atoms with Gasteiger partial charge in [-0.1, -0.05) is 13.8 Å². The van der Waals surface area contributed by atoms with Crippen LogP contribution in [0.25, 0.3) is 0 Å². The molecule has 1 rings (SSSR count). The molecule has 4 heteroatoms. The van der Waals surface area contributed by atoms with Crippen LogP contribution < -0.4 is 0 Å². The van der Waals surface area contributed by atoms with Gasteiger partial charge in [-0.3, -0.25) is 4.90 Å². The van der Waals surface area contributed by atoms with Crippen LogP contribution >= 0.6 is 12.6 Å². The number of nitrogens with zero attached hydrogens (tertiary/aromatic N) is 3. The lowest BCUT2D eigenvalue weighted by molar-refractivity contribution is 0.0856. The fourth-order valence-electron chi connectivity index (χ4n) is 2.73. The van der Waals surface area contributed by atoms with E-state index in [1.54, 1.807) is 0 Å². The Kier molecular flexibility index (Phi) is 7.73. The van der Waals surface area contributed by atoms with E-state index in [0.717, 1.165) is 5.75 Å². The first-order chi connectivity index (χ1) is 9.05. The van der Waals surface area contributed by atoms with Gasteiger partial charge in [-0.2, -0.15) is 12.6 Å². The van der Waals surface area contributed by atoms with Crippen LogP contribution in [0.15, 0.2) is 0 Å². The highest BCUT2D eigenvalue weighted by atomic mass is 32.1. The van der Waals surface area contributed by atoms with E-state index < -0.39 is 0 Å². The molecule has 0 spiro atoms. The predicted octanol–water partition coefficient (Wildman–Crippen LogP) is 1.90. The van der Waals surface area contributed by atoms with Crippen LogP contribution in [-0.4, -0.2) is 80.4 Å². The summed E-state index contributed by atoms with van der Waals surface area (Å²) in [4.78, 5) is 7.51. The lowest BCUT2D eigenvalue weighted by Crippen LogP contribution is -2.51. The SMILES string of the molecule is CCC(CC)(CS)CN1CCN(CCN(C)C)CC1. The zero-order chi connectivity index (χ0) is 14.3. The zero-order valence-corrected chi connectivity index (χ0v) is 14.3. The van der Waals surface area contributed by atoms with E-state index in [2.05, 4.69) is 55.3 Å². The maximum Gasteiger partial charge on any atom is 0.0110 e. The Balaban J connectivity index is 2.33. The third-order valence-corrected chi connectivity index (χ3v) is 5.39. The molecule has 1 saturated heterocycles. The van der Waals surface area contributed by atoms with Crippen molar-refractivity contribution in [2.24, 2.45) is 5.41 Å². The van der Waals surface area contributed by atoms with Crippen molar-refractivity contribution in [3.05, 3.63) is 0 Å². The molecule has 1 fully saturated rings. The lowest BCUT2D eigenvalue weighted by Gasteiger charge is -2.41. The summed E-state index contributed by atoms with van der Waals surface area (Å²) in [5.74, 6) is 1.01. The summed E-state index contributed by atoms with van der Waals surface area (Å²) in [6.45, 7) is 13.1. The molecule has 0 unspecified atom stereocenters. The molecule has 0 aromatic heterocycles. The molecule has 1 aliphatic rings. The molecule has 0 N–H and O–H groups in total. The average molecular weight is 288 g/mol. The summed E-state index contributed by atoms with van der Waals surface area (Å²) < 4.78 is 0. The van der Waals surface area contributed by atoms with E-state index in [0.29, 0.717) is 5.41 Å². The first kappa shape index (κ1) is 17.3. The van der Waals surface area contributed by atoms with Gasteiger partial charge in [0, 0.05) is 45.8 Å². The van der Waals surface area contributed by atoms with Crippen molar-refractivity contribution < 1.29 is 0 Å². The molecule has 0 radical (unpaired) electrons. The van der Waals surface area contributed by atoms with E-state index in [4.69, 9.17) is 0 Å². The van der Waals surface area contributed by atoms with Crippen LogP contribution in [0.2, 0.25) is 0 Å². The molecule has 19 heavy (non-hydrogen) atoms. The number of thiol groups is 1. The number of piperazine rings is 1. The van der Waals surface area contributed by atoms with Gasteiger partial charge in [0.2, 0.25) is 0 Å². The van der Waals surface area contributed by atoms with Gasteiger partial charge in [0.15, 0.2) is 0 Å². The second-order valence-electron chi connectivity index (χ2n) is 6.29. The summed E-state index contributed by atoms with van der Waals surface area (Å²) in [7, 11) is 4.31. The highest BCUT2D eigenvalue weighted by molar-refractivity contribution is 7.80. The fourth-order valence-corrected chi connectivity index (χ4v) is 3.28. The molecule has 114 valence electrons. The molecular weight excluding hydrogens is 254 g/mol. The van der Waals surface area contributed by atoms with Gasteiger partial charge >= 0.3 is 0 Å². The van der Waals surface area contributed by atoms with Gasteiger partial charge in [-0.25, -0.2) is 0 Å². The van der Waals surface area contributed by atoms with E-state index in [9.17, 15) is 0 Å². The number of hydrogen-bond acceptors (Lipinski definition) is 4. The first-order valence-corrected chi connectivity index (χ1v) is 8.39. The van der Waals surface area contributed by atoms with E-state index in [-0.39, 0.29) is 0 Å². The van der Waals surface area contributed by atoms with Crippen molar-refractivity contribution in [1.29, 1.82) is 0 Å². The molecule has 0 amide bonds. The van der Waals surface area contributed by atoms with E-state index in [1.807, 2.05) is 0 Å². The largest absolute Gasteiger partial charge is 0.308 e. The van der Waals surface area contributed by atoms with Crippen molar-refractivity contribution in [2.75, 3.05) is 65.7 Å². The van der Waals surface area contributed by atoms with Crippen molar-refractivity contribution in [1.82, 2.24) is 14.7 Å². The number of hydrogen-bond donors (Lipinski definition) is 1. The second-order valence-corrected chi connectivity index (χ2v) is 6.60. The quantitative estimate of drug-likeness (QED) is 0.684.